The first kappa shape index (κ1) is 46.4. The van der Waals surface area contributed by atoms with E-state index in [9.17, 15) is 39.6 Å². The van der Waals surface area contributed by atoms with Crippen molar-refractivity contribution in [2.75, 3.05) is 0 Å². The summed E-state index contributed by atoms with van der Waals surface area (Å²) in [6, 6.07) is 0. The van der Waals surface area contributed by atoms with Gasteiger partial charge in [0.25, 0.3) is 0 Å². The number of hydrogen-bond acceptors (Lipinski definition) is 8. The van der Waals surface area contributed by atoms with Gasteiger partial charge in [-0.2, -0.15) is 0 Å². The van der Waals surface area contributed by atoms with Crippen LogP contribution in [0.3, 0.4) is 0 Å². The zero-order valence-electron chi connectivity index (χ0n) is 23.7. The molecule has 0 fully saturated rings. The Bertz CT molecular complexity index is 474. The molecule has 0 spiro atoms. The molecule has 0 aliphatic heterocycles. The largest absolute Gasteiger partial charge is 3.00 e. The van der Waals surface area contributed by atoms with Crippen LogP contribution >= 0.6 is 0 Å². The molecule has 8 nitrogen and oxygen atoms in total. The first-order valence-corrected chi connectivity index (χ1v) is 10.5. The van der Waals surface area contributed by atoms with Gasteiger partial charge < -0.3 is 39.6 Å². The zero-order chi connectivity index (χ0) is 27.1. The van der Waals surface area contributed by atoms with E-state index in [2.05, 4.69) is 0 Å². The van der Waals surface area contributed by atoms with Crippen molar-refractivity contribution in [3.8, 4) is 0 Å². The third kappa shape index (κ3) is 77.3. The van der Waals surface area contributed by atoms with Gasteiger partial charge in [-0.3, -0.25) is 0 Å². The van der Waals surface area contributed by atoms with E-state index in [-0.39, 0.29) is 83.6 Å². The summed E-state index contributed by atoms with van der Waals surface area (Å²) in [7, 11) is 0. The molecule has 0 N–H and O–H groups in total. The van der Waals surface area contributed by atoms with Crippen LogP contribution in [0.5, 0.6) is 0 Å². The van der Waals surface area contributed by atoms with Crippen molar-refractivity contribution in [1.82, 2.24) is 0 Å². The zero-order valence-corrected chi connectivity index (χ0v) is 24.8. The predicted molar refractivity (Wildman–Crippen MR) is 122 cm³/mol. The van der Waals surface area contributed by atoms with Gasteiger partial charge in [0.2, 0.25) is 0 Å². The molecular weight excluding hydrogens is 450 g/mol. The Morgan fingerprint density at radius 2 is 0.500 bits per heavy atom. The van der Waals surface area contributed by atoms with Crippen LogP contribution in [0.15, 0.2) is 0 Å². The Kier molecular flexibility index (Phi) is 27.6. The molecule has 0 saturated heterocycles. The van der Waals surface area contributed by atoms with Crippen molar-refractivity contribution in [3.05, 3.63) is 0 Å². The Hall–Kier alpha value is -0.990. The van der Waals surface area contributed by atoms with Crippen LogP contribution in [-0.4, -0.2) is 41.2 Å². The molecule has 0 amide bonds. The van der Waals surface area contributed by atoms with Crippen molar-refractivity contribution in [1.29, 1.82) is 0 Å². The molecule has 0 rings (SSSR count). The number of carboxylic acids is 4. The molecule has 10 heteroatoms. The molecule has 0 aliphatic rings. The molecule has 0 heterocycles. The van der Waals surface area contributed by atoms with Crippen molar-refractivity contribution in [3.63, 3.8) is 0 Å². The van der Waals surface area contributed by atoms with E-state index in [0.717, 1.165) is 0 Å². The van der Waals surface area contributed by atoms with Crippen LogP contribution in [0.1, 0.15) is 109 Å². The quantitative estimate of drug-likeness (QED) is 0.382. The minimum atomic E-state index is -0.975. The van der Waals surface area contributed by atoms with E-state index in [0.29, 0.717) is 0 Å². The van der Waals surface area contributed by atoms with Gasteiger partial charge in [-0.15, -0.1) is 0 Å². The average Bonchev–Trinajstić information content (AvgIpc) is 2.26. The fourth-order valence-electron chi connectivity index (χ4n) is 1.73. The van der Waals surface area contributed by atoms with E-state index >= 15 is 0 Å². The van der Waals surface area contributed by atoms with E-state index < -0.39 is 23.9 Å². The molecule has 192 valence electrons. The number of rotatable bonds is 4. The molecular formula is C24H44AlLiO8. The Labute approximate surface area is 229 Å². The number of carbonyl (C=O) groups excluding carboxylic acids is 4. The third-order valence-corrected chi connectivity index (χ3v) is 2.70. The summed E-state index contributed by atoms with van der Waals surface area (Å²) in [5, 5.41) is 39.6. The molecule has 0 radical (unpaired) electrons. The van der Waals surface area contributed by atoms with Crippen molar-refractivity contribution in [2.24, 2.45) is 21.7 Å². The maximum Gasteiger partial charge on any atom is 3.00 e. The first-order valence-electron chi connectivity index (χ1n) is 10.5. The van der Waals surface area contributed by atoms with Crippen molar-refractivity contribution in [2.45, 2.75) is 109 Å². The van der Waals surface area contributed by atoms with Gasteiger partial charge in [0.05, 0.1) is 0 Å². The normalized spacial score (nSPS) is 10.7. The summed E-state index contributed by atoms with van der Waals surface area (Å²) in [4.78, 5) is 39.6. The molecule has 0 saturated carbocycles. The maximum absolute atomic E-state index is 9.90. The topological polar surface area (TPSA) is 161 Å². The summed E-state index contributed by atoms with van der Waals surface area (Å²) in [5.41, 5.74) is -0.560. The van der Waals surface area contributed by atoms with Crippen LogP contribution in [0.4, 0.5) is 0 Å². The fraction of sp³-hybridized carbons (Fsp3) is 0.833. The molecule has 0 unspecified atom stereocenters. The molecule has 0 atom stereocenters. The molecule has 0 aromatic carbocycles. The summed E-state index contributed by atoms with van der Waals surface area (Å²) in [6.07, 6.45) is 0.528. The van der Waals surface area contributed by atoms with Gasteiger partial charge in [-0.1, -0.05) is 83.1 Å². The number of carbonyl (C=O) groups is 4. The second kappa shape index (κ2) is 20.2. The Morgan fingerprint density at radius 1 is 0.412 bits per heavy atom. The summed E-state index contributed by atoms with van der Waals surface area (Å²) < 4.78 is 0. The summed E-state index contributed by atoms with van der Waals surface area (Å²) in [5.74, 6) is -3.90. The number of aliphatic carboxylic acids is 4. The summed E-state index contributed by atoms with van der Waals surface area (Å²) in [6.45, 7) is 22.4. The van der Waals surface area contributed by atoms with Gasteiger partial charge >= 0.3 is 36.2 Å². The predicted octanol–water partition coefficient (Wildman–Crippen LogP) is -2.69. The molecule has 34 heavy (non-hydrogen) atoms. The van der Waals surface area contributed by atoms with Crippen molar-refractivity contribution < 1.29 is 58.5 Å². The van der Waals surface area contributed by atoms with Gasteiger partial charge in [0.1, 0.15) is 0 Å². The monoisotopic (exact) mass is 494 g/mol. The van der Waals surface area contributed by atoms with Crippen LogP contribution in [-0.2, 0) is 19.2 Å². The average molecular weight is 495 g/mol. The van der Waals surface area contributed by atoms with Crippen molar-refractivity contribution >= 4 is 41.2 Å². The van der Waals surface area contributed by atoms with Gasteiger partial charge in [-0.25, -0.2) is 0 Å². The molecule has 0 aromatic heterocycles. The smallest absolute Gasteiger partial charge is 0.550 e. The fourth-order valence-corrected chi connectivity index (χ4v) is 1.73. The second-order valence-corrected chi connectivity index (χ2v) is 12.4. The van der Waals surface area contributed by atoms with Gasteiger partial charge in [0, 0.05) is 23.9 Å². The van der Waals surface area contributed by atoms with Crippen LogP contribution in [0.25, 0.3) is 0 Å². The summed E-state index contributed by atoms with van der Waals surface area (Å²) >= 11 is 0. The molecule has 0 bridgehead atoms. The standard InChI is InChI=1S/4C6H12O2.Al.Li/c4*1-6(2,3)4-5(7)8;;/h4*4H2,1-3H3,(H,7,8);;/q;;;;+3;+1/p-4. The van der Waals surface area contributed by atoms with Gasteiger partial charge in [0.15, 0.2) is 0 Å². The van der Waals surface area contributed by atoms with Crippen LogP contribution < -0.4 is 39.3 Å². The maximum atomic E-state index is 9.90. The first-order chi connectivity index (χ1) is 13.7. The number of hydrogen-bond donors (Lipinski definition) is 0. The van der Waals surface area contributed by atoms with Gasteiger partial charge in [-0.05, 0) is 47.3 Å². The SMILES string of the molecule is CC(C)(C)CC(=O)[O-].CC(C)(C)CC(=O)[O-].CC(C)(C)CC(=O)[O-].CC(C)(C)CC(=O)[O-].[Al+3].[Li+]. The molecule has 0 aliphatic carbocycles. The van der Waals surface area contributed by atoms with E-state index in [4.69, 9.17) is 0 Å². The van der Waals surface area contributed by atoms with E-state index in [1.807, 2.05) is 83.1 Å². The number of carboxylic acid groups (broad SMARTS) is 4. The minimum absolute atomic E-state index is 0. The van der Waals surface area contributed by atoms with Crippen LogP contribution in [0.2, 0.25) is 0 Å². The Balaban J connectivity index is -0.0000000754. The van der Waals surface area contributed by atoms with Crippen LogP contribution in [0, 0.1) is 21.7 Å². The molecule has 0 aromatic rings. The minimum Gasteiger partial charge on any atom is -0.550 e. The van der Waals surface area contributed by atoms with E-state index in [1.54, 1.807) is 0 Å². The Morgan fingerprint density at radius 3 is 0.500 bits per heavy atom. The second-order valence-electron chi connectivity index (χ2n) is 12.4. The third-order valence-electron chi connectivity index (χ3n) is 2.70. The van der Waals surface area contributed by atoms with E-state index in [1.165, 1.54) is 0 Å².